The van der Waals surface area contributed by atoms with E-state index in [1.807, 2.05) is 6.20 Å². The molecule has 0 bridgehead atoms. The lowest BCUT2D eigenvalue weighted by molar-refractivity contribution is 0.229. The van der Waals surface area contributed by atoms with Crippen molar-refractivity contribution in [1.82, 2.24) is 10.3 Å². The Morgan fingerprint density at radius 1 is 1.33 bits per heavy atom. The first-order valence-corrected chi connectivity index (χ1v) is 7.62. The van der Waals surface area contributed by atoms with E-state index >= 15 is 0 Å². The van der Waals surface area contributed by atoms with Crippen LogP contribution in [0.4, 0.5) is 0 Å². The average Bonchev–Trinajstić information content (AvgIpc) is 2.36. The number of rotatable bonds is 7. The molecule has 0 radical (unpaired) electrons. The molecule has 102 valence electrons. The molecular weight excluding hydrogens is 288 g/mol. The molecule has 1 N–H and O–H groups in total. The van der Waals surface area contributed by atoms with Crippen LogP contribution in [0.2, 0.25) is 0 Å². The third-order valence-electron chi connectivity index (χ3n) is 3.70. The fourth-order valence-electron chi connectivity index (χ4n) is 1.93. The molecule has 2 nitrogen and oxygen atoms in total. The molecule has 0 spiro atoms. The summed E-state index contributed by atoms with van der Waals surface area (Å²) in [6.07, 6.45) is 5.22. The maximum atomic E-state index is 4.49. The van der Waals surface area contributed by atoms with Crippen LogP contribution >= 0.6 is 15.9 Å². The third-order valence-corrected chi connectivity index (χ3v) is 4.17. The van der Waals surface area contributed by atoms with Crippen LogP contribution in [-0.4, -0.2) is 17.6 Å². The van der Waals surface area contributed by atoms with E-state index in [2.05, 4.69) is 66.1 Å². The smallest absolute Gasteiger partial charge is 0.0420 e. The van der Waals surface area contributed by atoms with Gasteiger partial charge in [-0.1, -0.05) is 27.7 Å². The lowest BCUT2D eigenvalue weighted by Crippen LogP contribution is -2.43. The molecule has 18 heavy (non-hydrogen) atoms. The van der Waals surface area contributed by atoms with Crippen LogP contribution in [0.3, 0.4) is 0 Å². The molecule has 1 aromatic rings. The zero-order valence-electron chi connectivity index (χ0n) is 12.0. The van der Waals surface area contributed by atoms with E-state index in [0.717, 1.165) is 23.1 Å². The van der Waals surface area contributed by atoms with Gasteiger partial charge in [0.2, 0.25) is 0 Å². The van der Waals surface area contributed by atoms with Gasteiger partial charge in [-0.25, -0.2) is 0 Å². The Morgan fingerprint density at radius 2 is 2.06 bits per heavy atom. The van der Waals surface area contributed by atoms with Gasteiger partial charge in [-0.05, 0) is 52.9 Å². The summed E-state index contributed by atoms with van der Waals surface area (Å²) in [6.45, 7) is 10.2. The normalized spacial score (nSPS) is 13.6. The molecule has 1 rings (SSSR count). The topological polar surface area (TPSA) is 24.9 Å². The van der Waals surface area contributed by atoms with E-state index in [1.54, 1.807) is 0 Å². The first-order valence-electron chi connectivity index (χ1n) is 6.83. The molecule has 3 heteroatoms. The van der Waals surface area contributed by atoms with Crippen molar-refractivity contribution in [2.75, 3.05) is 6.54 Å². The van der Waals surface area contributed by atoms with Gasteiger partial charge in [0.05, 0.1) is 0 Å². The van der Waals surface area contributed by atoms with E-state index < -0.39 is 0 Å². The highest BCUT2D eigenvalue weighted by Gasteiger charge is 2.27. The third kappa shape index (κ3) is 4.69. The first-order chi connectivity index (χ1) is 8.49. The van der Waals surface area contributed by atoms with Gasteiger partial charge in [-0.15, -0.1) is 0 Å². The fourth-order valence-corrected chi connectivity index (χ4v) is 2.16. The van der Waals surface area contributed by atoms with Crippen LogP contribution in [-0.2, 0) is 6.42 Å². The second-order valence-corrected chi connectivity index (χ2v) is 6.44. The van der Waals surface area contributed by atoms with Crippen LogP contribution in [0, 0.1) is 5.41 Å². The maximum Gasteiger partial charge on any atom is 0.0420 e. The lowest BCUT2D eigenvalue weighted by atomic mass is 9.79. The van der Waals surface area contributed by atoms with Crippen LogP contribution in [0.5, 0.6) is 0 Å². The Labute approximate surface area is 120 Å². The van der Waals surface area contributed by atoms with Gasteiger partial charge < -0.3 is 5.32 Å². The predicted octanol–water partition coefficient (Wildman–Crippen LogP) is 4.19. The van der Waals surface area contributed by atoms with Gasteiger partial charge in [0, 0.05) is 28.8 Å². The van der Waals surface area contributed by atoms with E-state index in [1.165, 1.54) is 12.8 Å². The zero-order chi connectivity index (χ0) is 13.6. The molecule has 0 saturated heterocycles. The van der Waals surface area contributed by atoms with Gasteiger partial charge >= 0.3 is 0 Å². The predicted molar refractivity (Wildman–Crippen MR) is 81.8 cm³/mol. The minimum atomic E-state index is 0.296. The number of nitrogens with zero attached hydrogens (tertiary/aromatic N) is 1. The van der Waals surface area contributed by atoms with Crippen molar-refractivity contribution in [3.63, 3.8) is 0 Å². The number of hydrogen-bond donors (Lipinski definition) is 1. The minimum Gasteiger partial charge on any atom is -0.313 e. The highest BCUT2D eigenvalue weighted by molar-refractivity contribution is 9.10. The molecule has 0 saturated carbocycles. The van der Waals surface area contributed by atoms with Gasteiger partial charge in [-0.3, -0.25) is 4.98 Å². The van der Waals surface area contributed by atoms with Gasteiger partial charge in [0.15, 0.2) is 0 Å². The van der Waals surface area contributed by atoms with E-state index in [4.69, 9.17) is 0 Å². The Bertz CT molecular complexity index is 346. The Hall–Kier alpha value is -0.410. The summed E-state index contributed by atoms with van der Waals surface area (Å²) >= 11 is 3.43. The van der Waals surface area contributed by atoms with Gasteiger partial charge in [0.1, 0.15) is 0 Å². The van der Waals surface area contributed by atoms with Gasteiger partial charge in [0.25, 0.3) is 0 Å². The number of aromatic nitrogens is 1. The second kappa shape index (κ2) is 7.25. The lowest BCUT2D eigenvalue weighted by Gasteiger charge is -2.34. The Morgan fingerprint density at radius 3 is 2.56 bits per heavy atom. The van der Waals surface area contributed by atoms with Crippen LogP contribution in [0.1, 0.15) is 46.2 Å². The quantitative estimate of drug-likeness (QED) is 0.816. The van der Waals surface area contributed by atoms with E-state index in [-0.39, 0.29) is 0 Å². The van der Waals surface area contributed by atoms with Crippen LogP contribution in [0.15, 0.2) is 22.8 Å². The number of halogens is 1. The molecule has 0 aliphatic carbocycles. The highest BCUT2D eigenvalue weighted by atomic mass is 79.9. The van der Waals surface area contributed by atoms with Crippen molar-refractivity contribution in [3.8, 4) is 0 Å². The van der Waals surface area contributed by atoms with Crippen LogP contribution < -0.4 is 5.32 Å². The summed E-state index contributed by atoms with van der Waals surface area (Å²) in [5.41, 5.74) is 1.46. The average molecular weight is 313 g/mol. The SMILES string of the molecule is CCCNC(Cc1ccc(Br)cn1)C(C)(C)CC. The van der Waals surface area contributed by atoms with Gasteiger partial charge in [-0.2, -0.15) is 0 Å². The fraction of sp³-hybridized carbons (Fsp3) is 0.667. The summed E-state index contributed by atoms with van der Waals surface area (Å²) in [4.78, 5) is 4.49. The molecule has 0 amide bonds. The Kier molecular flexibility index (Phi) is 6.30. The molecule has 0 aliphatic rings. The molecule has 1 heterocycles. The van der Waals surface area contributed by atoms with Crippen LogP contribution in [0.25, 0.3) is 0 Å². The number of pyridine rings is 1. The van der Waals surface area contributed by atoms with E-state index in [0.29, 0.717) is 11.5 Å². The van der Waals surface area contributed by atoms with Crippen molar-refractivity contribution >= 4 is 15.9 Å². The standard InChI is InChI=1S/C15H25BrN2/c1-5-9-17-14(15(3,4)6-2)10-13-8-7-12(16)11-18-13/h7-8,11,14,17H,5-6,9-10H2,1-4H3. The summed E-state index contributed by atoms with van der Waals surface area (Å²) in [5.74, 6) is 0. The summed E-state index contributed by atoms with van der Waals surface area (Å²) < 4.78 is 1.04. The summed E-state index contributed by atoms with van der Waals surface area (Å²) in [5, 5.41) is 3.67. The molecule has 0 fully saturated rings. The second-order valence-electron chi connectivity index (χ2n) is 5.52. The van der Waals surface area contributed by atoms with Crippen molar-refractivity contribution in [1.29, 1.82) is 0 Å². The van der Waals surface area contributed by atoms with Crippen molar-refractivity contribution < 1.29 is 0 Å². The number of hydrogen-bond acceptors (Lipinski definition) is 2. The highest BCUT2D eigenvalue weighted by Crippen LogP contribution is 2.27. The molecule has 1 unspecified atom stereocenters. The largest absolute Gasteiger partial charge is 0.313 e. The van der Waals surface area contributed by atoms with Crippen molar-refractivity contribution in [2.45, 2.75) is 53.0 Å². The van der Waals surface area contributed by atoms with Crippen molar-refractivity contribution in [2.24, 2.45) is 5.41 Å². The molecule has 1 aromatic heterocycles. The summed E-state index contributed by atoms with van der Waals surface area (Å²) in [7, 11) is 0. The number of nitrogens with one attached hydrogen (secondary N) is 1. The summed E-state index contributed by atoms with van der Waals surface area (Å²) in [6, 6.07) is 4.66. The van der Waals surface area contributed by atoms with Crippen molar-refractivity contribution in [3.05, 3.63) is 28.5 Å². The molecule has 1 atom stereocenters. The Balaban J connectivity index is 2.74. The zero-order valence-corrected chi connectivity index (χ0v) is 13.5. The maximum absolute atomic E-state index is 4.49. The first kappa shape index (κ1) is 15.6. The molecule has 0 aliphatic heterocycles. The molecular formula is C15H25BrN2. The monoisotopic (exact) mass is 312 g/mol. The minimum absolute atomic E-state index is 0.296. The van der Waals surface area contributed by atoms with E-state index in [9.17, 15) is 0 Å². The molecule has 0 aromatic carbocycles.